The Labute approximate surface area is 291 Å². The Balaban J connectivity index is 1.28. The minimum absolute atomic E-state index is 1.09. The molecule has 238 valence electrons. The van der Waals surface area contributed by atoms with Gasteiger partial charge in [0.15, 0.2) is 0 Å². The molecule has 3 heteroatoms. The van der Waals surface area contributed by atoms with Crippen molar-refractivity contribution in [2.24, 2.45) is 0 Å². The first-order valence-corrected chi connectivity index (χ1v) is 17.1. The second-order valence-electron chi connectivity index (χ2n) is 12.6. The van der Waals surface area contributed by atoms with Gasteiger partial charge in [-0.3, -0.25) is 0 Å². The second kappa shape index (κ2) is 12.1. The molecule has 0 spiro atoms. The molecule has 0 bridgehead atoms. The molecule has 0 saturated carbocycles. The molecule has 0 saturated heterocycles. The lowest BCUT2D eigenvalue weighted by molar-refractivity contribution is 1.18. The van der Waals surface area contributed by atoms with Crippen molar-refractivity contribution in [3.05, 3.63) is 194 Å². The number of rotatable bonds is 7. The SMILES string of the molecule is C=C/C(=C\C)c1ccc(N(c2ccc3c(c2)c2ccccc2n3-c2ccccc2)c2ccc3c(c2)c2ccccc2n3-c2ccccc2)cc1. The molecular weight excluding hydrogens is 607 g/mol. The molecule has 0 aliphatic rings. The molecule has 0 aliphatic carbocycles. The molecule has 0 amide bonds. The summed E-state index contributed by atoms with van der Waals surface area (Å²) < 4.78 is 4.73. The molecule has 0 N–H and O–H groups in total. The highest BCUT2D eigenvalue weighted by molar-refractivity contribution is 6.12. The quantitative estimate of drug-likeness (QED) is 0.158. The fourth-order valence-corrected chi connectivity index (χ4v) is 7.56. The predicted octanol–water partition coefficient (Wildman–Crippen LogP) is 12.9. The van der Waals surface area contributed by atoms with E-state index in [-0.39, 0.29) is 0 Å². The molecule has 2 heterocycles. The fourth-order valence-electron chi connectivity index (χ4n) is 7.56. The van der Waals surface area contributed by atoms with Gasteiger partial charge in [-0.15, -0.1) is 0 Å². The predicted molar refractivity (Wildman–Crippen MR) is 214 cm³/mol. The Bertz CT molecular complexity index is 2550. The molecule has 7 aromatic carbocycles. The Morgan fingerprint density at radius 1 is 0.460 bits per heavy atom. The van der Waals surface area contributed by atoms with Crippen LogP contribution in [0.4, 0.5) is 17.1 Å². The van der Waals surface area contributed by atoms with Crippen molar-refractivity contribution in [1.82, 2.24) is 9.13 Å². The lowest BCUT2D eigenvalue weighted by Gasteiger charge is -2.26. The topological polar surface area (TPSA) is 13.1 Å². The highest BCUT2D eigenvalue weighted by Gasteiger charge is 2.20. The molecule has 0 atom stereocenters. The molecule has 0 aliphatic heterocycles. The maximum atomic E-state index is 4.03. The van der Waals surface area contributed by atoms with E-state index in [4.69, 9.17) is 0 Å². The second-order valence-corrected chi connectivity index (χ2v) is 12.6. The van der Waals surface area contributed by atoms with Gasteiger partial charge >= 0.3 is 0 Å². The summed E-state index contributed by atoms with van der Waals surface area (Å²) >= 11 is 0. The summed E-state index contributed by atoms with van der Waals surface area (Å²) in [6, 6.07) is 61.3. The minimum Gasteiger partial charge on any atom is -0.310 e. The number of fused-ring (bicyclic) bond motifs is 6. The maximum Gasteiger partial charge on any atom is 0.0542 e. The molecule has 0 radical (unpaired) electrons. The van der Waals surface area contributed by atoms with Crippen LogP contribution >= 0.6 is 0 Å². The third-order valence-electron chi connectivity index (χ3n) is 9.85. The van der Waals surface area contributed by atoms with Crippen LogP contribution in [0.25, 0.3) is 60.6 Å². The van der Waals surface area contributed by atoms with E-state index in [0.29, 0.717) is 0 Å². The summed E-state index contributed by atoms with van der Waals surface area (Å²) in [5.74, 6) is 0. The Hall–Kier alpha value is -6.58. The van der Waals surface area contributed by atoms with Crippen LogP contribution in [0.2, 0.25) is 0 Å². The molecule has 0 unspecified atom stereocenters. The number of hydrogen-bond acceptors (Lipinski definition) is 1. The van der Waals surface area contributed by atoms with E-state index in [1.54, 1.807) is 0 Å². The van der Waals surface area contributed by atoms with Gasteiger partial charge in [0.1, 0.15) is 0 Å². The average Bonchev–Trinajstić information content (AvgIpc) is 3.69. The standard InChI is InChI=1S/C47H35N3/c1-3-33(4-2)34-23-25-37(26-24-34)48(38-27-29-46-42(31-38)40-19-11-13-21-44(40)49(46)35-15-7-5-8-16-35)39-28-30-47-43(32-39)41-20-12-14-22-45(41)50(47)36-17-9-6-10-18-36/h3-32H,1H2,2H3/b33-4+. The van der Waals surface area contributed by atoms with Gasteiger partial charge in [-0.2, -0.15) is 0 Å². The molecule has 50 heavy (non-hydrogen) atoms. The van der Waals surface area contributed by atoms with Gasteiger partial charge in [0.2, 0.25) is 0 Å². The van der Waals surface area contributed by atoms with Gasteiger partial charge < -0.3 is 14.0 Å². The zero-order chi connectivity index (χ0) is 33.6. The summed E-state index contributed by atoms with van der Waals surface area (Å²) in [6.07, 6.45) is 4.02. The van der Waals surface area contributed by atoms with E-state index >= 15 is 0 Å². The summed E-state index contributed by atoms with van der Waals surface area (Å²) in [6.45, 7) is 6.09. The van der Waals surface area contributed by atoms with Crippen LogP contribution in [0.5, 0.6) is 0 Å². The third kappa shape index (κ3) is 4.75. The maximum absolute atomic E-state index is 4.03. The van der Waals surface area contributed by atoms with E-state index in [1.165, 1.54) is 43.6 Å². The van der Waals surface area contributed by atoms with E-state index in [2.05, 4.69) is 203 Å². The number of allylic oxidation sites excluding steroid dienone is 3. The van der Waals surface area contributed by atoms with Crippen LogP contribution in [-0.2, 0) is 0 Å². The number of aromatic nitrogens is 2. The van der Waals surface area contributed by atoms with Gasteiger partial charge in [0, 0.05) is 50.0 Å². The Morgan fingerprint density at radius 3 is 1.34 bits per heavy atom. The molecular formula is C47H35N3. The summed E-state index contributed by atoms with van der Waals surface area (Å²) in [7, 11) is 0. The number of para-hydroxylation sites is 4. The largest absolute Gasteiger partial charge is 0.310 e. The lowest BCUT2D eigenvalue weighted by Crippen LogP contribution is -2.10. The van der Waals surface area contributed by atoms with Crippen molar-refractivity contribution in [3.63, 3.8) is 0 Å². The number of nitrogens with zero attached hydrogens (tertiary/aromatic N) is 3. The van der Waals surface area contributed by atoms with Crippen molar-refractivity contribution < 1.29 is 0 Å². The van der Waals surface area contributed by atoms with Gasteiger partial charge in [-0.1, -0.05) is 104 Å². The minimum atomic E-state index is 1.09. The highest BCUT2D eigenvalue weighted by atomic mass is 15.1. The number of hydrogen-bond donors (Lipinski definition) is 0. The van der Waals surface area contributed by atoms with Crippen LogP contribution in [0, 0.1) is 0 Å². The van der Waals surface area contributed by atoms with Gasteiger partial charge in [0.05, 0.1) is 22.1 Å². The summed E-state index contributed by atoms with van der Waals surface area (Å²) in [5.41, 5.74) is 12.6. The normalized spacial score (nSPS) is 11.9. The third-order valence-corrected chi connectivity index (χ3v) is 9.85. The summed E-state index contributed by atoms with van der Waals surface area (Å²) in [5, 5.41) is 4.89. The van der Waals surface area contributed by atoms with E-state index < -0.39 is 0 Å². The van der Waals surface area contributed by atoms with Crippen LogP contribution in [0.15, 0.2) is 189 Å². The Morgan fingerprint density at radius 2 is 0.880 bits per heavy atom. The first-order chi connectivity index (χ1) is 24.7. The molecule has 2 aromatic heterocycles. The van der Waals surface area contributed by atoms with Gasteiger partial charge in [-0.05, 0) is 103 Å². The molecule has 9 aromatic rings. The van der Waals surface area contributed by atoms with Crippen molar-refractivity contribution in [2.45, 2.75) is 6.92 Å². The van der Waals surface area contributed by atoms with Crippen molar-refractivity contribution >= 4 is 66.2 Å². The van der Waals surface area contributed by atoms with Crippen molar-refractivity contribution in [3.8, 4) is 11.4 Å². The summed E-state index contributed by atoms with van der Waals surface area (Å²) in [4.78, 5) is 2.38. The van der Waals surface area contributed by atoms with E-state index in [1.807, 2.05) is 6.08 Å². The molecule has 0 fully saturated rings. The van der Waals surface area contributed by atoms with Gasteiger partial charge in [-0.25, -0.2) is 0 Å². The first-order valence-electron chi connectivity index (χ1n) is 17.1. The van der Waals surface area contributed by atoms with Crippen LogP contribution in [0.1, 0.15) is 12.5 Å². The zero-order valence-electron chi connectivity index (χ0n) is 27.9. The zero-order valence-corrected chi connectivity index (χ0v) is 27.9. The van der Waals surface area contributed by atoms with Gasteiger partial charge in [0.25, 0.3) is 0 Å². The lowest BCUT2D eigenvalue weighted by atomic mass is 10.0. The Kier molecular flexibility index (Phi) is 7.18. The smallest absolute Gasteiger partial charge is 0.0542 e. The van der Waals surface area contributed by atoms with E-state index in [0.717, 1.165) is 39.6 Å². The molecule has 9 rings (SSSR count). The van der Waals surface area contributed by atoms with Crippen LogP contribution in [-0.4, -0.2) is 9.13 Å². The number of benzene rings is 7. The van der Waals surface area contributed by atoms with E-state index in [9.17, 15) is 0 Å². The fraction of sp³-hybridized carbons (Fsp3) is 0.0213. The van der Waals surface area contributed by atoms with Crippen molar-refractivity contribution in [1.29, 1.82) is 0 Å². The monoisotopic (exact) mass is 641 g/mol. The number of anilines is 3. The van der Waals surface area contributed by atoms with Crippen LogP contribution in [0.3, 0.4) is 0 Å². The highest BCUT2D eigenvalue weighted by Crippen LogP contribution is 2.42. The molecule has 3 nitrogen and oxygen atoms in total. The first kappa shape index (κ1) is 29.6. The average molecular weight is 642 g/mol. The van der Waals surface area contributed by atoms with Crippen molar-refractivity contribution in [2.75, 3.05) is 4.90 Å². The van der Waals surface area contributed by atoms with Crippen LogP contribution < -0.4 is 4.90 Å².